The van der Waals surface area contributed by atoms with Crippen molar-refractivity contribution in [2.24, 2.45) is 5.92 Å². The topological polar surface area (TPSA) is 77.4 Å². The molecule has 0 radical (unpaired) electrons. The van der Waals surface area contributed by atoms with Crippen LogP contribution in [0.5, 0.6) is 0 Å². The van der Waals surface area contributed by atoms with Gasteiger partial charge in [-0.3, -0.25) is 0 Å². The molecule has 2 aliphatic heterocycles. The molecule has 0 amide bonds. The molecule has 0 bridgehead atoms. The second-order valence-electron chi connectivity index (χ2n) is 6.16. The minimum atomic E-state index is -1.78. The van der Waals surface area contributed by atoms with Crippen LogP contribution in [-0.4, -0.2) is 59.4 Å². The van der Waals surface area contributed by atoms with E-state index in [4.69, 9.17) is 18.9 Å². The van der Waals surface area contributed by atoms with Crippen LogP contribution in [0.3, 0.4) is 0 Å². The van der Waals surface area contributed by atoms with Crippen molar-refractivity contribution in [1.29, 1.82) is 0 Å². The summed E-state index contributed by atoms with van der Waals surface area (Å²) >= 11 is 0. The number of rotatable bonds is 3. The van der Waals surface area contributed by atoms with Gasteiger partial charge in [0.25, 0.3) is 0 Å². The third-order valence-corrected chi connectivity index (χ3v) is 4.37. The Morgan fingerprint density at radius 2 is 1.75 bits per heavy atom. The predicted octanol–water partition coefficient (Wildman–Crippen LogP) is 0.646. The van der Waals surface area contributed by atoms with E-state index in [1.165, 1.54) is 6.92 Å². The molecule has 118 valence electrons. The lowest BCUT2D eigenvalue weighted by Gasteiger charge is -2.52. The largest absolute Gasteiger partial charge is 0.388 e. The Morgan fingerprint density at radius 1 is 1.15 bits per heavy atom. The van der Waals surface area contributed by atoms with Crippen molar-refractivity contribution >= 4 is 0 Å². The highest BCUT2D eigenvalue weighted by atomic mass is 16.8. The van der Waals surface area contributed by atoms with Crippen LogP contribution < -0.4 is 0 Å². The van der Waals surface area contributed by atoms with E-state index in [1.807, 2.05) is 27.7 Å². The highest BCUT2D eigenvalue weighted by molar-refractivity contribution is 5.04. The molecule has 6 heteroatoms. The molecule has 6 nitrogen and oxygen atoms in total. The lowest BCUT2D eigenvalue weighted by atomic mass is 9.90. The molecular weight excluding hydrogens is 264 g/mol. The predicted molar refractivity (Wildman–Crippen MR) is 71.0 cm³/mol. The molecule has 7 atom stereocenters. The van der Waals surface area contributed by atoms with E-state index in [1.54, 1.807) is 7.11 Å². The first-order valence-electron chi connectivity index (χ1n) is 7.15. The molecule has 2 rings (SSSR count). The maximum Gasteiger partial charge on any atom is 0.224 e. The lowest BCUT2D eigenvalue weighted by Crippen LogP contribution is -2.70. The minimum absolute atomic E-state index is 0.0642. The van der Waals surface area contributed by atoms with Gasteiger partial charge in [0.1, 0.15) is 24.4 Å². The first kappa shape index (κ1) is 16.1. The van der Waals surface area contributed by atoms with Gasteiger partial charge in [0.2, 0.25) is 11.6 Å². The van der Waals surface area contributed by atoms with Gasteiger partial charge in [0.15, 0.2) is 0 Å². The average Bonchev–Trinajstić information content (AvgIpc) is 2.60. The molecule has 7 unspecified atom stereocenters. The third kappa shape index (κ3) is 2.10. The minimum Gasteiger partial charge on any atom is -0.388 e. The second kappa shape index (κ2) is 5.19. The Bertz CT molecular complexity index is 360. The highest BCUT2D eigenvalue weighted by Crippen LogP contribution is 2.47. The maximum absolute atomic E-state index is 10.7. The molecule has 0 aromatic carbocycles. The summed E-state index contributed by atoms with van der Waals surface area (Å²) in [6, 6.07) is 0. The van der Waals surface area contributed by atoms with Crippen LogP contribution in [0.1, 0.15) is 34.6 Å². The van der Waals surface area contributed by atoms with Crippen molar-refractivity contribution in [2.75, 3.05) is 7.11 Å². The van der Waals surface area contributed by atoms with Crippen molar-refractivity contribution in [3.8, 4) is 0 Å². The summed E-state index contributed by atoms with van der Waals surface area (Å²) in [5, 5.41) is 20.7. The molecule has 2 N–H and O–H groups in total. The number of aliphatic hydroxyl groups excluding tert-OH is 1. The number of fused-ring (bicyclic) bond motifs is 1. The van der Waals surface area contributed by atoms with Gasteiger partial charge in [-0.15, -0.1) is 0 Å². The first-order chi connectivity index (χ1) is 9.19. The Balaban J connectivity index is 2.41. The SMILES string of the molecule is COC12OC(C(C)C)C(O)(C(C)O)OC1C(C)OC2C. The number of aliphatic hydroxyl groups is 2. The van der Waals surface area contributed by atoms with Gasteiger partial charge < -0.3 is 29.2 Å². The number of hydrogen-bond donors (Lipinski definition) is 2. The van der Waals surface area contributed by atoms with Gasteiger partial charge in [0.05, 0.1) is 6.10 Å². The Labute approximate surface area is 120 Å². The quantitative estimate of drug-likeness (QED) is 0.794. The van der Waals surface area contributed by atoms with E-state index in [2.05, 4.69) is 0 Å². The van der Waals surface area contributed by atoms with E-state index in [9.17, 15) is 10.2 Å². The number of ether oxygens (including phenoxy) is 4. The van der Waals surface area contributed by atoms with Gasteiger partial charge in [-0.25, -0.2) is 0 Å². The van der Waals surface area contributed by atoms with Crippen molar-refractivity contribution in [3.05, 3.63) is 0 Å². The zero-order chi connectivity index (χ0) is 15.3. The summed E-state index contributed by atoms with van der Waals surface area (Å²) in [5.41, 5.74) is 0. The van der Waals surface area contributed by atoms with Gasteiger partial charge in [-0.2, -0.15) is 0 Å². The van der Waals surface area contributed by atoms with Crippen LogP contribution in [0.25, 0.3) is 0 Å². The molecule has 2 saturated heterocycles. The van der Waals surface area contributed by atoms with Crippen LogP contribution in [0.15, 0.2) is 0 Å². The van der Waals surface area contributed by atoms with Gasteiger partial charge >= 0.3 is 0 Å². The van der Waals surface area contributed by atoms with Crippen molar-refractivity contribution in [1.82, 2.24) is 0 Å². The maximum atomic E-state index is 10.7. The second-order valence-corrected chi connectivity index (χ2v) is 6.16. The van der Waals surface area contributed by atoms with Gasteiger partial charge in [0, 0.05) is 7.11 Å². The molecule has 0 aromatic rings. The molecule has 0 aliphatic carbocycles. The Morgan fingerprint density at radius 3 is 2.20 bits per heavy atom. The monoisotopic (exact) mass is 290 g/mol. The van der Waals surface area contributed by atoms with Gasteiger partial charge in [-0.05, 0) is 26.7 Å². The Hall–Kier alpha value is -0.240. The van der Waals surface area contributed by atoms with Gasteiger partial charge in [-0.1, -0.05) is 13.8 Å². The Kier molecular flexibility index (Phi) is 4.19. The van der Waals surface area contributed by atoms with Crippen LogP contribution in [0, 0.1) is 5.92 Å². The molecular formula is C14H26O6. The fraction of sp³-hybridized carbons (Fsp3) is 1.00. The molecule has 0 saturated carbocycles. The van der Waals surface area contributed by atoms with Crippen LogP contribution in [0.2, 0.25) is 0 Å². The van der Waals surface area contributed by atoms with Crippen molar-refractivity contribution in [2.45, 2.75) is 76.7 Å². The zero-order valence-electron chi connectivity index (χ0n) is 13.0. The third-order valence-electron chi connectivity index (χ3n) is 4.37. The fourth-order valence-corrected chi connectivity index (χ4v) is 3.22. The van der Waals surface area contributed by atoms with E-state index >= 15 is 0 Å². The van der Waals surface area contributed by atoms with E-state index in [0.717, 1.165) is 0 Å². The normalized spacial score (nSPS) is 50.2. The molecule has 2 fully saturated rings. The molecule has 0 spiro atoms. The lowest BCUT2D eigenvalue weighted by molar-refractivity contribution is -0.444. The number of hydrogen-bond acceptors (Lipinski definition) is 6. The summed E-state index contributed by atoms with van der Waals surface area (Å²) in [7, 11) is 1.54. The van der Waals surface area contributed by atoms with E-state index < -0.39 is 29.9 Å². The summed E-state index contributed by atoms with van der Waals surface area (Å²) in [6.45, 7) is 8.98. The van der Waals surface area contributed by atoms with Crippen LogP contribution in [-0.2, 0) is 18.9 Å². The number of methoxy groups -OCH3 is 1. The van der Waals surface area contributed by atoms with Crippen LogP contribution in [0.4, 0.5) is 0 Å². The molecule has 2 aliphatic rings. The van der Waals surface area contributed by atoms with E-state index in [0.29, 0.717) is 0 Å². The zero-order valence-corrected chi connectivity index (χ0v) is 13.0. The fourth-order valence-electron chi connectivity index (χ4n) is 3.22. The van der Waals surface area contributed by atoms with Crippen molar-refractivity contribution < 1.29 is 29.2 Å². The summed E-state index contributed by atoms with van der Waals surface area (Å²) < 4.78 is 23.2. The standard InChI is InChI=1S/C14H26O6/c1-7(2)11-13(16,9(4)15)19-12-8(3)18-10(5)14(12,17-6)20-11/h7-12,15-16H,1-6H3. The van der Waals surface area contributed by atoms with Crippen molar-refractivity contribution in [3.63, 3.8) is 0 Å². The molecule has 2 heterocycles. The smallest absolute Gasteiger partial charge is 0.224 e. The summed E-state index contributed by atoms with van der Waals surface area (Å²) in [6.07, 6.45) is -3.03. The first-order valence-corrected chi connectivity index (χ1v) is 7.15. The average molecular weight is 290 g/mol. The summed E-state index contributed by atoms with van der Waals surface area (Å²) in [5.74, 6) is -2.90. The molecule has 20 heavy (non-hydrogen) atoms. The highest BCUT2D eigenvalue weighted by Gasteiger charge is 2.66. The summed E-state index contributed by atoms with van der Waals surface area (Å²) in [4.78, 5) is 0. The van der Waals surface area contributed by atoms with E-state index in [-0.39, 0.29) is 18.1 Å². The van der Waals surface area contributed by atoms with Crippen LogP contribution >= 0.6 is 0 Å². The molecule has 0 aromatic heterocycles.